The maximum Gasteiger partial charge on any atom is 0.369 e. The SMILES string of the molecule is C#COC(=O)C(F)(CCC)C(=O)OC#C. The van der Waals surface area contributed by atoms with Gasteiger partial charge in [-0.25, -0.2) is 14.0 Å². The van der Waals surface area contributed by atoms with Gasteiger partial charge in [-0.05, 0) is 0 Å². The van der Waals surface area contributed by atoms with Crippen LogP contribution in [-0.4, -0.2) is 17.6 Å². The maximum absolute atomic E-state index is 13.8. The highest BCUT2D eigenvalue weighted by molar-refractivity contribution is 6.04. The molecule has 0 atom stereocenters. The van der Waals surface area contributed by atoms with Gasteiger partial charge in [0.15, 0.2) is 0 Å². The molecule has 0 aliphatic carbocycles. The molecule has 0 spiro atoms. The first kappa shape index (κ1) is 13.0. The minimum Gasteiger partial charge on any atom is -0.370 e. The summed E-state index contributed by atoms with van der Waals surface area (Å²) in [5.41, 5.74) is -2.94. The summed E-state index contributed by atoms with van der Waals surface area (Å²) < 4.78 is 21.8. The Hall–Kier alpha value is -2.01. The van der Waals surface area contributed by atoms with Crippen molar-refractivity contribution in [2.24, 2.45) is 0 Å². The Morgan fingerprint density at radius 1 is 1.27 bits per heavy atom. The van der Waals surface area contributed by atoms with Crippen molar-refractivity contribution < 1.29 is 23.5 Å². The lowest BCUT2D eigenvalue weighted by Gasteiger charge is -2.16. The number of carbonyl (C=O) groups is 2. The van der Waals surface area contributed by atoms with E-state index in [1.807, 2.05) is 0 Å². The van der Waals surface area contributed by atoms with Crippen LogP contribution in [-0.2, 0) is 19.1 Å². The van der Waals surface area contributed by atoms with Crippen molar-refractivity contribution in [2.45, 2.75) is 25.4 Å². The van der Waals surface area contributed by atoms with Gasteiger partial charge in [-0.1, -0.05) is 26.2 Å². The van der Waals surface area contributed by atoms with E-state index in [-0.39, 0.29) is 6.42 Å². The van der Waals surface area contributed by atoms with Gasteiger partial charge in [0.2, 0.25) is 0 Å². The zero-order chi connectivity index (χ0) is 11.9. The average molecular weight is 212 g/mol. The van der Waals surface area contributed by atoms with Crippen molar-refractivity contribution >= 4 is 11.9 Å². The number of carbonyl (C=O) groups excluding carboxylic acids is 2. The quantitative estimate of drug-likeness (QED) is 0.392. The zero-order valence-corrected chi connectivity index (χ0v) is 8.08. The molecule has 80 valence electrons. The van der Waals surface area contributed by atoms with E-state index >= 15 is 0 Å². The molecule has 0 radical (unpaired) electrons. The second-order valence-electron chi connectivity index (χ2n) is 2.57. The second-order valence-corrected chi connectivity index (χ2v) is 2.57. The number of ether oxygens (including phenoxy) is 2. The third-order valence-corrected chi connectivity index (χ3v) is 1.54. The molecule has 0 aromatic rings. The van der Waals surface area contributed by atoms with Crippen molar-refractivity contribution in [3.63, 3.8) is 0 Å². The molecule has 0 aromatic carbocycles. The summed E-state index contributed by atoms with van der Waals surface area (Å²) >= 11 is 0. The summed E-state index contributed by atoms with van der Waals surface area (Å²) in [6.45, 7) is 1.57. The van der Waals surface area contributed by atoms with Crippen molar-refractivity contribution in [3.05, 3.63) is 0 Å². The van der Waals surface area contributed by atoms with Crippen molar-refractivity contribution in [1.29, 1.82) is 0 Å². The van der Waals surface area contributed by atoms with E-state index < -0.39 is 24.0 Å². The van der Waals surface area contributed by atoms with Gasteiger partial charge in [0.25, 0.3) is 0 Å². The molecule has 4 nitrogen and oxygen atoms in total. The summed E-state index contributed by atoms with van der Waals surface area (Å²) in [5, 5.41) is 0. The molecule has 0 rings (SSSR count). The highest BCUT2D eigenvalue weighted by Gasteiger charge is 2.49. The Balaban J connectivity index is 4.90. The van der Waals surface area contributed by atoms with Gasteiger partial charge < -0.3 is 9.47 Å². The molecule has 0 saturated carbocycles. The fourth-order valence-corrected chi connectivity index (χ4v) is 0.901. The molecule has 0 fully saturated rings. The second kappa shape index (κ2) is 5.66. The minimum atomic E-state index is -2.94. The number of rotatable bonds is 4. The lowest BCUT2D eigenvalue weighted by atomic mass is 10.0. The molecule has 0 saturated heterocycles. The fraction of sp³-hybridized carbons (Fsp3) is 0.400. The van der Waals surface area contributed by atoms with Gasteiger partial charge in [-0.15, -0.1) is 0 Å². The Morgan fingerprint density at radius 2 is 1.67 bits per heavy atom. The van der Waals surface area contributed by atoms with Crippen LogP contribution in [0.2, 0.25) is 0 Å². The predicted molar refractivity (Wildman–Crippen MR) is 48.6 cm³/mol. The van der Waals surface area contributed by atoms with Crippen LogP contribution < -0.4 is 0 Å². The molecular weight excluding hydrogens is 203 g/mol. The van der Waals surface area contributed by atoms with Crippen molar-refractivity contribution in [1.82, 2.24) is 0 Å². The third-order valence-electron chi connectivity index (χ3n) is 1.54. The molecule has 0 aromatic heterocycles. The Morgan fingerprint density at radius 3 is 1.93 bits per heavy atom. The first-order valence-electron chi connectivity index (χ1n) is 4.05. The van der Waals surface area contributed by atoms with Crippen LogP contribution in [0.3, 0.4) is 0 Å². The van der Waals surface area contributed by atoms with Gasteiger partial charge in [0.05, 0.1) is 0 Å². The highest BCUT2D eigenvalue weighted by atomic mass is 19.1. The zero-order valence-electron chi connectivity index (χ0n) is 8.08. The largest absolute Gasteiger partial charge is 0.370 e. The molecule has 5 heteroatoms. The monoisotopic (exact) mass is 212 g/mol. The number of hydrogen-bond acceptors (Lipinski definition) is 4. The standard InChI is InChI=1S/C10H9FO4/c1-4-7-10(11,8(12)14-5-2)9(13)15-6-3/h2-3H,4,7H2,1H3. The smallest absolute Gasteiger partial charge is 0.369 e. The van der Waals surface area contributed by atoms with Gasteiger partial charge in [-0.2, -0.15) is 0 Å². The minimum absolute atomic E-state index is 0.218. The number of terminal acetylenes is 2. The molecule has 0 unspecified atom stereocenters. The van der Waals surface area contributed by atoms with E-state index in [4.69, 9.17) is 0 Å². The highest BCUT2D eigenvalue weighted by Crippen LogP contribution is 2.22. The maximum atomic E-state index is 13.8. The van der Waals surface area contributed by atoms with Crippen LogP contribution in [0.25, 0.3) is 0 Å². The molecule has 0 aliphatic heterocycles. The molecule has 0 bridgehead atoms. The predicted octanol–water partition coefficient (Wildman–Crippen LogP) is 0.763. The summed E-state index contributed by atoms with van der Waals surface area (Å²) in [6, 6.07) is 0. The Kier molecular flexibility index (Phi) is 4.90. The van der Waals surface area contributed by atoms with E-state index in [0.29, 0.717) is 0 Å². The summed E-state index contributed by atoms with van der Waals surface area (Å²) in [7, 11) is 0. The summed E-state index contributed by atoms with van der Waals surface area (Å²) in [6.07, 6.45) is 12.1. The average Bonchev–Trinajstić information content (AvgIpc) is 2.18. The van der Waals surface area contributed by atoms with E-state index in [9.17, 15) is 14.0 Å². The molecule has 0 N–H and O–H groups in total. The molecule has 0 aliphatic rings. The van der Waals surface area contributed by atoms with Crippen LogP contribution in [0.1, 0.15) is 19.8 Å². The van der Waals surface area contributed by atoms with E-state index in [1.165, 1.54) is 12.2 Å². The lowest BCUT2D eigenvalue weighted by Crippen LogP contribution is -2.43. The molecule has 0 heterocycles. The molecular formula is C10H9FO4. The van der Waals surface area contributed by atoms with Crippen LogP contribution in [0.4, 0.5) is 4.39 Å². The fourth-order valence-electron chi connectivity index (χ4n) is 0.901. The van der Waals surface area contributed by atoms with Crippen LogP contribution in [0, 0.1) is 25.1 Å². The normalized spacial score (nSPS) is 9.60. The Bertz CT molecular complexity index is 306. The van der Waals surface area contributed by atoms with E-state index in [1.54, 1.807) is 6.92 Å². The first-order valence-corrected chi connectivity index (χ1v) is 4.05. The van der Waals surface area contributed by atoms with Gasteiger partial charge in [-0.3, -0.25) is 0 Å². The number of alkyl halides is 1. The summed E-state index contributed by atoms with van der Waals surface area (Å²) in [4.78, 5) is 22.1. The summed E-state index contributed by atoms with van der Waals surface area (Å²) in [5.74, 6) is -2.99. The van der Waals surface area contributed by atoms with Crippen molar-refractivity contribution in [2.75, 3.05) is 0 Å². The van der Waals surface area contributed by atoms with Gasteiger partial charge >= 0.3 is 17.6 Å². The molecule has 15 heavy (non-hydrogen) atoms. The number of halogens is 1. The third kappa shape index (κ3) is 2.99. The lowest BCUT2D eigenvalue weighted by molar-refractivity contribution is -0.167. The van der Waals surface area contributed by atoms with E-state index in [2.05, 4.69) is 22.3 Å². The number of esters is 2. The van der Waals surface area contributed by atoms with Gasteiger partial charge in [0, 0.05) is 6.42 Å². The van der Waals surface area contributed by atoms with Gasteiger partial charge in [0.1, 0.15) is 12.2 Å². The molecule has 0 amide bonds. The van der Waals surface area contributed by atoms with Crippen LogP contribution >= 0.6 is 0 Å². The number of hydrogen-bond donors (Lipinski definition) is 0. The van der Waals surface area contributed by atoms with Crippen LogP contribution in [0.5, 0.6) is 0 Å². The van der Waals surface area contributed by atoms with Crippen molar-refractivity contribution in [3.8, 4) is 25.1 Å². The van der Waals surface area contributed by atoms with E-state index in [0.717, 1.165) is 0 Å². The first-order chi connectivity index (χ1) is 7.02. The van der Waals surface area contributed by atoms with Crippen LogP contribution in [0.15, 0.2) is 0 Å². The topological polar surface area (TPSA) is 52.6 Å². The Labute approximate surface area is 86.7 Å².